The van der Waals surface area contributed by atoms with Crippen LogP contribution in [0.2, 0.25) is 0 Å². The summed E-state index contributed by atoms with van der Waals surface area (Å²) < 4.78 is 16.8. The van der Waals surface area contributed by atoms with E-state index in [0.717, 1.165) is 15.8 Å². The van der Waals surface area contributed by atoms with Gasteiger partial charge in [0.2, 0.25) is 0 Å². The fourth-order valence-corrected chi connectivity index (χ4v) is 4.31. The molecule has 0 spiro atoms. The maximum atomic E-state index is 10.8. The summed E-state index contributed by atoms with van der Waals surface area (Å²) >= 11 is -0.00894. The first-order chi connectivity index (χ1) is 12.2. The molecule has 130 valence electrons. The summed E-state index contributed by atoms with van der Waals surface area (Å²) in [6, 6.07) is 13.5. The molecular weight excluding hydrogens is 385 g/mol. The van der Waals surface area contributed by atoms with Crippen molar-refractivity contribution in [2.75, 3.05) is 21.3 Å². The molecule has 0 amide bonds. The van der Waals surface area contributed by atoms with Crippen LogP contribution in [0.15, 0.2) is 47.4 Å². The van der Waals surface area contributed by atoms with Gasteiger partial charge < -0.3 is 0 Å². The quantitative estimate of drug-likeness (QED) is 0.641. The first-order valence-electron chi connectivity index (χ1n) is 7.66. The Morgan fingerprint density at radius 1 is 0.960 bits per heavy atom. The molecule has 1 atom stereocenters. The van der Waals surface area contributed by atoms with Crippen molar-refractivity contribution in [3.8, 4) is 28.5 Å². The predicted molar refractivity (Wildman–Crippen MR) is 96.8 cm³/mol. The summed E-state index contributed by atoms with van der Waals surface area (Å²) in [5, 5.41) is 10.8. The van der Waals surface area contributed by atoms with Crippen molar-refractivity contribution in [2.24, 2.45) is 0 Å². The number of rotatable bonds is 6. The van der Waals surface area contributed by atoms with E-state index >= 15 is 0 Å². The third-order valence-corrected chi connectivity index (χ3v) is 5.71. The summed E-state index contributed by atoms with van der Waals surface area (Å²) in [6.07, 6.45) is -0.814. The molecule has 0 bridgehead atoms. The zero-order valence-corrected chi connectivity index (χ0v) is 15.9. The predicted octanol–water partition coefficient (Wildman–Crippen LogP) is 2.91. The van der Waals surface area contributed by atoms with E-state index in [0.29, 0.717) is 22.8 Å². The van der Waals surface area contributed by atoms with Gasteiger partial charge in [0.1, 0.15) is 0 Å². The molecule has 0 saturated heterocycles. The number of aliphatic hydroxyl groups is 1. The van der Waals surface area contributed by atoms with Crippen LogP contribution in [0.25, 0.3) is 11.3 Å². The van der Waals surface area contributed by atoms with E-state index in [9.17, 15) is 5.11 Å². The first-order valence-corrected chi connectivity index (χ1v) is 9.51. The maximum absolute atomic E-state index is 10.8. The van der Waals surface area contributed by atoms with Gasteiger partial charge in [-0.3, -0.25) is 0 Å². The van der Waals surface area contributed by atoms with Crippen molar-refractivity contribution >= 4 is 14.5 Å². The number of aromatic nitrogens is 1. The Balaban J connectivity index is 1.96. The van der Waals surface area contributed by atoms with E-state index < -0.39 is 6.10 Å². The number of ether oxygens (including phenoxy) is 3. The molecule has 0 aliphatic rings. The molecule has 3 aromatic rings. The van der Waals surface area contributed by atoms with Crippen molar-refractivity contribution < 1.29 is 19.3 Å². The molecule has 1 unspecified atom stereocenters. The van der Waals surface area contributed by atoms with Gasteiger partial charge in [0.25, 0.3) is 0 Å². The van der Waals surface area contributed by atoms with Crippen molar-refractivity contribution in [2.45, 2.75) is 6.10 Å². The molecule has 5 nitrogen and oxygen atoms in total. The Bertz CT molecular complexity index is 823. The first kappa shape index (κ1) is 17.5. The summed E-state index contributed by atoms with van der Waals surface area (Å²) in [4.78, 5) is 6.71. The summed E-state index contributed by atoms with van der Waals surface area (Å²) in [6.45, 7) is 0. The Morgan fingerprint density at radius 2 is 1.60 bits per heavy atom. The Kier molecular flexibility index (Phi) is 5.43. The number of nitrogens with zero attached hydrogens (tertiary/aromatic N) is 1. The summed E-state index contributed by atoms with van der Waals surface area (Å²) in [5.74, 6) is 1.53. The van der Waals surface area contributed by atoms with E-state index in [1.54, 1.807) is 33.5 Å². The fraction of sp³-hybridized carbons (Fsp3) is 0.211. The van der Waals surface area contributed by atoms with Crippen LogP contribution in [0.5, 0.6) is 17.2 Å². The van der Waals surface area contributed by atoms with Crippen molar-refractivity contribution in [3.63, 3.8) is 0 Å². The molecular formula is C19H19NO4Se. The molecule has 3 rings (SSSR count). The van der Waals surface area contributed by atoms with Crippen LogP contribution >= 0.6 is 0 Å². The van der Waals surface area contributed by atoms with Gasteiger partial charge in [0.05, 0.1) is 0 Å². The van der Waals surface area contributed by atoms with Gasteiger partial charge >= 0.3 is 152 Å². The van der Waals surface area contributed by atoms with Gasteiger partial charge in [0.15, 0.2) is 0 Å². The Labute approximate surface area is 152 Å². The number of aliphatic hydroxyl groups excluding tert-OH is 1. The van der Waals surface area contributed by atoms with Crippen LogP contribution in [0.1, 0.15) is 16.2 Å². The standard InChI is InChI=1S/C19H19NO4Se/c1-22-15-9-13(10-16(23-2)18(15)24-3)17(21)19-20-14(11-25-19)12-7-5-4-6-8-12/h4-11,17,21H,1-3H3. The van der Waals surface area contributed by atoms with Gasteiger partial charge in [-0.05, 0) is 0 Å². The number of methoxy groups -OCH3 is 3. The van der Waals surface area contributed by atoms with Crippen LogP contribution in [0.4, 0.5) is 0 Å². The van der Waals surface area contributed by atoms with Gasteiger partial charge in [-0.1, -0.05) is 0 Å². The van der Waals surface area contributed by atoms with Crippen molar-refractivity contribution in [1.29, 1.82) is 0 Å². The second kappa shape index (κ2) is 7.74. The number of hydrogen-bond acceptors (Lipinski definition) is 5. The minimum atomic E-state index is -0.814. The molecule has 0 aliphatic carbocycles. The van der Waals surface area contributed by atoms with Crippen LogP contribution < -0.4 is 14.2 Å². The van der Waals surface area contributed by atoms with Gasteiger partial charge in [-0.25, -0.2) is 0 Å². The van der Waals surface area contributed by atoms with Crippen molar-refractivity contribution in [1.82, 2.24) is 4.98 Å². The van der Waals surface area contributed by atoms with E-state index in [4.69, 9.17) is 14.2 Å². The normalized spacial score (nSPS) is 11.8. The molecule has 1 heterocycles. The molecule has 0 saturated carbocycles. The van der Waals surface area contributed by atoms with Gasteiger partial charge in [-0.2, -0.15) is 0 Å². The Hall–Kier alpha value is -2.27. The SMILES string of the molecule is COc1cc(C(O)c2nc(-c3ccccc3)c[se]2)cc(OC)c1OC. The zero-order valence-electron chi connectivity index (χ0n) is 14.2. The second-order valence-corrected chi connectivity index (χ2v) is 7.16. The van der Waals surface area contributed by atoms with E-state index in [2.05, 4.69) is 9.92 Å². The van der Waals surface area contributed by atoms with Crippen molar-refractivity contribution in [3.05, 3.63) is 57.5 Å². The average molecular weight is 404 g/mol. The third kappa shape index (κ3) is 3.56. The van der Waals surface area contributed by atoms with Crippen LogP contribution in [0, 0.1) is 0 Å². The second-order valence-electron chi connectivity index (χ2n) is 5.30. The van der Waals surface area contributed by atoms with Gasteiger partial charge in [0, 0.05) is 0 Å². The minimum absolute atomic E-state index is 0.00894. The third-order valence-electron chi connectivity index (χ3n) is 3.83. The molecule has 2 aromatic carbocycles. The molecule has 0 aliphatic heterocycles. The van der Waals surface area contributed by atoms with Crippen LogP contribution in [-0.2, 0) is 0 Å². The van der Waals surface area contributed by atoms with Gasteiger partial charge in [-0.15, -0.1) is 0 Å². The molecule has 1 N–H and O–H groups in total. The zero-order chi connectivity index (χ0) is 17.8. The fourth-order valence-electron chi connectivity index (χ4n) is 2.56. The van der Waals surface area contributed by atoms with Crippen LogP contribution in [0.3, 0.4) is 0 Å². The summed E-state index contributed by atoms with van der Waals surface area (Å²) in [5.41, 5.74) is 2.62. The molecule has 1 aromatic heterocycles. The molecule has 0 radical (unpaired) electrons. The Morgan fingerprint density at radius 3 is 2.16 bits per heavy atom. The molecule has 6 heteroatoms. The van der Waals surface area contributed by atoms with E-state index in [-0.39, 0.29) is 14.5 Å². The monoisotopic (exact) mass is 405 g/mol. The number of hydrogen-bond donors (Lipinski definition) is 1. The van der Waals surface area contributed by atoms with Crippen LogP contribution in [-0.4, -0.2) is 45.9 Å². The summed E-state index contributed by atoms with van der Waals surface area (Å²) in [7, 11) is 4.66. The topological polar surface area (TPSA) is 60.8 Å². The van der Waals surface area contributed by atoms with E-state index in [1.807, 2.05) is 30.3 Å². The van der Waals surface area contributed by atoms with E-state index in [1.165, 1.54) is 0 Å². The molecule has 0 fully saturated rings. The molecule has 25 heavy (non-hydrogen) atoms. The average Bonchev–Trinajstić information content (AvgIpc) is 3.17. The number of benzene rings is 2.